The van der Waals surface area contributed by atoms with Crippen molar-refractivity contribution in [1.29, 1.82) is 0 Å². The Kier molecular flexibility index (Phi) is 10.7. The number of carbonyl (C=O) groups excluding carboxylic acids is 2. The fourth-order valence-corrected chi connectivity index (χ4v) is 1.58. The second kappa shape index (κ2) is 11.4. The minimum absolute atomic E-state index is 0.0989. The largest absolute Gasteiger partial charge is 0.469 e. The molecule has 0 rings (SSSR count). The Morgan fingerprint density at radius 1 is 0.824 bits per heavy atom. The number of hydrogen-bond donors (Lipinski definition) is 0. The van der Waals surface area contributed by atoms with Gasteiger partial charge in [-0.25, -0.2) is 0 Å². The van der Waals surface area contributed by atoms with Gasteiger partial charge in [-0.2, -0.15) is 0 Å². The molecule has 100 valence electrons. The Morgan fingerprint density at radius 3 is 1.76 bits per heavy atom. The van der Waals surface area contributed by atoms with Crippen molar-refractivity contribution in [1.82, 2.24) is 0 Å². The van der Waals surface area contributed by atoms with Gasteiger partial charge in [0.25, 0.3) is 0 Å². The fourth-order valence-electron chi connectivity index (χ4n) is 1.58. The summed E-state index contributed by atoms with van der Waals surface area (Å²) in [4.78, 5) is 21.8. The normalized spacial score (nSPS) is 10.0. The van der Waals surface area contributed by atoms with Crippen LogP contribution in [0.1, 0.15) is 58.3 Å². The molecule has 0 spiro atoms. The number of unbranched alkanes of at least 4 members (excludes halogenated alkanes) is 5. The third-order valence-electron chi connectivity index (χ3n) is 2.54. The van der Waals surface area contributed by atoms with E-state index < -0.39 is 0 Å². The standard InChI is InChI=1S/C13H24O4/c1-3-17-13(15)11-9-7-5-4-6-8-10-12(14)16-2/h3-11H2,1-2H3. The van der Waals surface area contributed by atoms with Crippen molar-refractivity contribution in [3.8, 4) is 0 Å². The molecule has 0 aromatic rings. The van der Waals surface area contributed by atoms with Crippen LogP contribution in [0.3, 0.4) is 0 Å². The summed E-state index contributed by atoms with van der Waals surface area (Å²) in [6, 6.07) is 0. The van der Waals surface area contributed by atoms with Crippen molar-refractivity contribution in [2.75, 3.05) is 13.7 Å². The van der Waals surface area contributed by atoms with E-state index in [2.05, 4.69) is 4.74 Å². The van der Waals surface area contributed by atoms with Crippen molar-refractivity contribution in [2.45, 2.75) is 58.3 Å². The molecule has 0 N–H and O–H groups in total. The summed E-state index contributed by atoms with van der Waals surface area (Å²) >= 11 is 0. The Labute approximate surface area is 104 Å². The predicted octanol–water partition coefficient (Wildman–Crippen LogP) is 2.84. The van der Waals surface area contributed by atoms with Crippen LogP contribution in [0.4, 0.5) is 0 Å². The lowest BCUT2D eigenvalue weighted by Gasteiger charge is -2.02. The highest BCUT2D eigenvalue weighted by Gasteiger charge is 2.01. The zero-order valence-corrected chi connectivity index (χ0v) is 11.0. The van der Waals surface area contributed by atoms with Crippen LogP contribution in [-0.2, 0) is 19.1 Å². The van der Waals surface area contributed by atoms with Crippen molar-refractivity contribution in [3.05, 3.63) is 0 Å². The van der Waals surface area contributed by atoms with Gasteiger partial charge >= 0.3 is 11.9 Å². The van der Waals surface area contributed by atoms with E-state index in [0.717, 1.165) is 38.5 Å². The van der Waals surface area contributed by atoms with Crippen LogP contribution >= 0.6 is 0 Å². The molecule has 0 saturated heterocycles. The number of rotatable bonds is 10. The number of esters is 2. The number of methoxy groups -OCH3 is 1. The molecule has 0 aliphatic rings. The number of hydrogen-bond acceptors (Lipinski definition) is 4. The van der Waals surface area contributed by atoms with E-state index in [1.54, 1.807) is 0 Å². The predicted molar refractivity (Wildman–Crippen MR) is 65.6 cm³/mol. The zero-order chi connectivity index (χ0) is 12.9. The van der Waals surface area contributed by atoms with Gasteiger partial charge in [-0.3, -0.25) is 9.59 Å². The average Bonchev–Trinajstić information content (AvgIpc) is 2.32. The molecule has 4 heteroatoms. The molecule has 17 heavy (non-hydrogen) atoms. The molecule has 0 fully saturated rings. The summed E-state index contributed by atoms with van der Waals surface area (Å²) < 4.78 is 9.39. The first-order valence-electron chi connectivity index (χ1n) is 6.43. The van der Waals surface area contributed by atoms with E-state index >= 15 is 0 Å². The van der Waals surface area contributed by atoms with E-state index in [0.29, 0.717) is 19.4 Å². The van der Waals surface area contributed by atoms with Crippen LogP contribution in [0, 0.1) is 0 Å². The first kappa shape index (κ1) is 15.9. The maximum Gasteiger partial charge on any atom is 0.305 e. The first-order valence-corrected chi connectivity index (χ1v) is 6.43. The molecule has 0 aliphatic heterocycles. The van der Waals surface area contributed by atoms with E-state index in [4.69, 9.17) is 4.74 Å². The van der Waals surface area contributed by atoms with E-state index in [-0.39, 0.29) is 11.9 Å². The quantitative estimate of drug-likeness (QED) is 0.438. The SMILES string of the molecule is CCOC(=O)CCCCCCCCC(=O)OC. The molecule has 0 atom stereocenters. The third kappa shape index (κ3) is 11.2. The highest BCUT2D eigenvalue weighted by atomic mass is 16.5. The smallest absolute Gasteiger partial charge is 0.305 e. The van der Waals surface area contributed by atoms with Gasteiger partial charge in [0, 0.05) is 12.8 Å². The summed E-state index contributed by atoms with van der Waals surface area (Å²) in [7, 11) is 1.41. The molecule has 0 aromatic carbocycles. The minimum Gasteiger partial charge on any atom is -0.469 e. The van der Waals surface area contributed by atoms with Gasteiger partial charge in [-0.15, -0.1) is 0 Å². The molecule has 4 nitrogen and oxygen atoms in total. The Morgan fingerprint density at radius 2 is 1.29 bits per heavy atom. The van der Waals surface area contributed by atoms with E-state index in [1.807, 2.05) is 6.92 Å². The number of ether oxygens (including phenoxy) is 2. The molecule has 0 aliphatic carbocycles. The monoisotopic (exact) mass is 244 g/mol. The summed E-state index contributed by atoms with van der Waals surface area (Å²) in [6.45, 7) is 2.28. The maximum atomic E-state index is 11.0. The highest BCUT2D eigenvalue weighted by Crippen LogP contribution is 2.09. The van der Waals surface area contributed by atoms with Crippen LogP contribution in [0.25, 0.3) is 0 Å². The Hall–Kier alpha value is -1.06. The fraction of sp³-hybridized carbons (Fsp3) is 0.846. The van der Waals surface area contributed by atoms with Crippen molar-refractivity contribution in [2.24, 2.45) is 0 Å². The molecule has 0 aromatic heterocycles. The first-order chi connectivity index (χ1) is 8.20. The van der Waals surface area contributed by atoms with E-state index in [1.165, 1.54) is 7.11 Å². The van der Waals surface area contributed by atoms with Crippen LogP contribution in [-0.4, -0.2) is 25.7 Å². The van der Waals surface area contributed by atoms with Gasteiger partial charge in [-0.1, -0.05) is 25.7 Å². The second-order valence-electron chi connectivity index (χ2n) is 4.00. The van der Waals surface area contributed by atoms with E-state index in [9.17, 15) is 9.59 Å². The lowest BCUT2D eigenvalue weighted by Crippen LogP contribution is -2.03. The van der Waals surface area contributed by atoms with Crippen LogP contribution in [0.15, 0.2) is 0 Å². The van der Waals surface area contributed by atoms with Crippen LogP contribution in [0.2, 0.25) is 0 Å². The number of carbonyl (C=O) groups is 2. The van der Waals surface area contributed by atoms with Gasteiger partial charge < -0.3 is 9.47 Å². The van der Waals surface area contributed by atoms with Gasteiger partial charge in [0.1, 0.15) is 0 Å². The molecule has 0 heterocycles. The van der Waals surface area contributed by atoms with Crippen molar-refractivity contribution >= 4 is 11.9 Å². The Bertz CT molecular complexity index is 213. The zero-order valence-electron chi connectivity index (χ0n) is 11.0. The van der Waals surface area contributed by atoms with Gasteiger partial charge in [0.15, 0.2) is 0 Å². The molecular formula is C13H24O4. The van der Waals surface area contributed by atoms with Gasteiger partial charge in [-0.05, 0) is 19.8 Å². The molecule has 0 saturated carbocycles. The third-order valence-corrected chi connectivity index (χ3v) is 2.54. The molecule has 0 bridgehead atoms. The van der Waals surface area contributed by atoms with Crippen LogP contribution < -0.4 is 0 Å². The van der Waals surface area contributed by atoms with Gasteiger partial charge in [0.05, 0.1) is 13.7 Å². The second-order valence-corrected chi connectivity index (χ2v) is 4.00. The molecule has 0 amide bonds. The summed E-state index contributed by atoms with van der Waals surface area (Å²) in [5, 5.41) is 0. The summed E-state index contributed by atoms with van der Waals surface area (Å²) in [5.74, 6) is -0.231. The van der Waals surface area contributed by atoms with Crippen molar-refractivity contribution < 1.29 is 19.1 Å². The summed E-state index contributed by atoms with van der Waals surface area (Å²) in [5.41, 5.74) is 0. The topological polar surface area (TPSA) is 52.6 Å². The summed E-state index contributed by atoms with van der Waals surface area (Å²) in [6.07, 6.45) is 7.15. The van der Waals surface area contributed by atoms with Gasteiger partial charge in [0.2, 0.25) is 0 Å². The highest BCUT2D eigenvalue weighted by molar-refractivity contribution is 5.69. The van der Waals surface area contributed by atoms with Crippen LogP contribution in [0.5, 0.6) is 0 Å². The maximum absolute atomic E-state index is 11.0. The van der Waals surface area contributed by atoms with Crippen molar-refractivity contribution in [3.63, 3.8) is 0 Å². The molecular weight excluding hydrogens is 220 g/mol. The Balaban J connectivity index is 3.13. The molecule has 0 unspecified atom stereocenters. The minimum atomic E-state index is -0.132. The lowest BCUT2D eigenvalue weighted by atomic mass is 10.1. The lowest BCUT2D eigenvalue weighted by molar-refractivity contribution is -0.143. The average molecular weight is 244 g/mol. The molecule has 0 radical (unpaired) electrons.